The number of pyridine rings is 1. The zero-order valence-electron chi connectivity index (χ0n) is 15.9. The number of hydrogen-bond acceptors (Lipinski definition) is 4. The number of rotatable bonds is 2. The second-order valence-electron chi connectivity index (χ2n) is 7.15. The van der Waals surface area contributed by atoms with Crippen LogP contribution in [-0.4, -0.2) is 42.0 Å². The third kappa shape index (κ3) is 3.41. The van der Waals surface area contributed by atoms with Gasteiger partial charge in [-0.3, -0.25) is 9.78 Å². The van der Waals surface area contributed by atoms with E-state index in [-0.39, 0.29) is 5.91 Å². The largest absolute Gasteiger partial charge is 0.368 e. The molecular formula is C23H22N4O. The van der Waals surface area contributed by atoms with Crippen LogP contribution in [0.1, 0.15) is 27.9 Å². The Bertz CT molecular complexity index is 1070. The van der Waals surface area contributed by atoms with E-state index in [1.165, 1.54) is 0 Å². The molecule has 0 N–H and O–H groups in total. The van der Waals surface area contributed by atoms with E-state index in [4.69, 9.17) is 0 Å². The normalized spacial score (nSPS) is 14.6. The van der Waals surface area contributed by atoms with Gasteiger partial charge in [0.1, 0.15) is 6.07 Å². The van der Waals surface area contributed by atoms with Gasteiger partial charge in [0.15, 0.2) is 0 Å². The number of carbonyl (C=O) groups excluding carboxylic acids is 1. The van der Waals surface area contributed by atoms with Gasteiger partial charge in [-0.15, -0.1) is 0 Å². The Labute approximate surface area is 164 Å². The molecule has 2 heterocycles. The zero-order chi connectivity index (χ0) is 19.5. The summed E-state index contributed by atoms with van der Waals surface area (Å²) in [5.41, 5.74) is 4.22. The van der Waals surface area contributed by atoms with Crippen molar-refractivity contribution in [3.63, 3.8) is 0 Å². The van der Waals surface area contributed by atoms with Crippen molar-refractivity contribution in [2.45, 2.75) is 13.3 Å². The fourth-order valence-corrected chi connectivity index (χ4v) is 3.85. The van der Waals surface area contributed by atoms with E-state index in [0.29, 0.717) is 25.2 Å². The molecule has 3 aromatic rings. The molecule has 1 saturated heterocycles. The molecule has 28 heavy (non-hydrogen) atoms. The molecule has 0 unspecified atom stereocenters. The second-order valence-corrected chi connectivity index (χ2v) is 7.15. The summed E-state index contributed by atoms with van der Waals surface area (Å²) in [6.45, 7) is 4.85. The topological polar surface area (TPSA) is 60.2 Å². The maximum Gasteiger partial charge on any atom is 0.253 e. The quantitative estimate of drug-likeness (QED) is 0.689. The van der Waals surface area contributed by atoms with Crippen molar-refractivity contribution in [3.8, 4) is 6.07 Å². The molecular weight excluding hydrogens is 348 g/mol. The molecule has 0 saturated carbocycles. The van der Waals surface area contributed by atoms with Gasteiger partial charge in [-0.25, -0.2) is 0 Å². The molecule has 0 bridgehead atoms. The number of aromatic nitrogens is 1. The van der Waals surface area contributed by atoms with Gasteiger partial charge in [-0.05, 0) is 31.5 Å². The third-order valence-corrected chi connectivity index (χ3v) is 5.23. The summed E-state index contributed by atoms with van der Waals surface area (Å²) in [4.78, 5) is 21.5. The van der Waals surface area contributed by atoms with E-state index < -0.39 is 0 Å². The maximum atomic E-state index is 12.9. The van der Waals surface area contributed by atoms with Crippen molar-refractivity contribution in [2.75, 3.05) is 31.1 Å². The highest BCUT2D eigenvalue weighted by Gasteiger charge is 2.23. The lowest BCUT2D eigenvalue weighted by Gasteiger charge is -2.25. The Morgan fingerprint density at radius 3 is 2.75 bits per heavy atom. The number of anilines is 1. The van der Waals surface area contributed by atoms with Crippen LogP contribution in [0.5, 0.6) is 0 Å². The van der Waals surface area contributed by atoms with E-state index in [9.17, 15) is 10.1 Å². The van der Waals surface area contributed by atoms with Crippen molar-refractivity contribution >= 4 is 22.5 Å². The Morgan fingerprint density at radius 1 is 1.07 bits per heavy atom. The first-order chi connectivity index (χ1) is 13.7. The van der Waals surface area contributed by atoms with Gasteiger partial charge >= 0.3 is 0 Å². The number of nitriles is 1. The minimum absolute atomic E-state index is 0.0747. The minimum atomic E-state index is 0.0747. The highest BCUT2D eigenvalue weighted by atomic mass is 16.2. The molecule has 1 aromatic heterocycles. The second kappa shape index (κ2) is 7.69. The Hall–Kier alpha value is -3.39. The van der Waals surface area contributed by atoms with Crippen LogP contribution >= 0.6 is 0 Å². The fraction of sp³-hybridized carbons (Fsp3) is 0.261. The van der Waals surface area contributed by atoms with Crippen molar-refractivity contribution in [1.29, 1.82) is 5.26 Å². The monoisotopic (exact) mass is 370 g/mol. The van der Waals surface area contributed by atoms with Crippen molar-refractivity contribution < 1.29 is 4.79 Å². The number of nitrogens with zero attached hydrogens (tertiary/aromatic N) is 4. The molecule has 1 aliphatic rings. The molecule has 0 aliphatic carbocycles. The Balaban J connectivity index is 1.61. The maximum absolute atomic E-state index is 12.9. The van der Waals surface area contributed by atoms with E-state index in [1.807, 2.05) is 60.4 Å². The standard InChI is InChI=1S/C23H22N4O/c1-17-6-4-7-18(14-17)23(28)27-11-5-10-26(12-13-27)22-19(15-24)16-25-21-9-3-2-8-20(21)22/h2-4,6-9,14,16H,5,10-13H2,1H3. The van der Waals surface area contributed by atoms with E-state index >= 15 is 0 Å². The first-order valence-electron chi connectivity index (χ1n) is 9.56. The number of benzene rings is 2. The lowest BCUT2D eigenvalue weighted by Crippen LogP contribution is -2.35. The summed E-state index contributed by atoms with van der Waals surface area (Å²) in [6.07, 6.45) is 2.51. The van der Waals surface area contributed by atoms with Crippen LogP contribution in [0, 0.1) is 18.3 Å². The first-order valence-corrected chi connectivity index (χ1v) is 9.56. The van der Waals surface area contributed by atoms with Crippen LogP contribution in [-0.2, 0) is 0 Å². The molecule has 2 aromatic carbocycles. The number of fused-ring (bicyclic) bond motifs is 1. The Kier molecular flexibility index (Phi) is 4.94. The van der Waals surface area contributed by atoms with Gasteiger partial charge in [0.05, 0.1) is 16.8 Å². The molecule has 5 heteroatoms. The van der Waals surface area contributed by atoms with Crippen LogP contribution in [0.15, 0.2) is 54.7 Å². The smallest absolute Gasteiger partial charge is 0.253 e. The van der Waals surface area contributed by atoms with Crippen LogP contribution < -0.4 is 4.90 Å². The number of para-hydroxylation sites is 1. The molecule has 5 nitrogen and oxygen atoms in total. The Morgan fingerprint density at radius 2 is 1.93 bits per heavy atom. The van der Waals surface area contributed by atoms with Gasteiger partial charge in [0.2, 0.25) is 0 Å². The minimum Gasteiger partial charge on any atom is -0.368 e. The molecule has 0 radical (unpaired) electrons. The summed E-state index contributed by atoms with van der Waals surface area (Å²) < 4.78 is 0. The number of aryl methyl sites for hydroxylation is 1. The van der Waals surface area contributed by atoms with Crippen LogP contribution in [0.25, 0.3) is 10.9 Å². The molecule has 0 atom stereocenters. The summed E-state index contributed by atoms with van der Waals surface area (Å²) in [6, 6.07) is 17.9. The molecule has 1 aliphatic heterocycles. The molecule has 0 spiro atoms. The van der Waals surface area contributed by atoms with Gasteiger partial charge in [-0.2, -0.15) is 5.26 Å². The number of hydrogen-bond donors (Lipinski definition) is 0. The van der Waals surface area contributed by atoms with Crippen LogP contribution in [0.4, 0.5) is 5.69 Å². The summed E-state index contributed by atoms with van der Waals surface area (Å²) in [7, 11) is 0. The van der Waals surface area contributed by atoms with Gasteiger partial charge < -0.3 is 9.80 Å². The zero-order valence-corrected chi connectivity index (χ0v) is 15.9. The summed E-state index contributed by atoms with van der Waals surface area (Å²) >= 11 is 0. The summed E-state index contributed by atoms with van der Waals surface area (Å²) in [5.74, 6) is 0.0747. The number of carbonyl (C=O) groups is 1. The summed E-state index contributed by atoms with van der Waals surface area (Å²) in [5, 5.41) is 10.6. The van der Waals surface area contributed by atoms with E-state index in [2.05, 4.69) is 16.0 Å². The SMILES string of the molecule is Cc1cccc(C(=O)N2CCCN(c3c(C#N)cnc4ccccc34)CC2)c1. The third-order valence-electron chi connectivity index (χ3n) is 5.23. The van der Waals surface area contributed by atoms with Gasteiger partial charge in [0.25, 0.3) is 5.91 Å². The first kappa shape index (κ1) is 18.0. The molecule has 1 amide bonds. The average Bonchev–Trinajstić information content (AvgIpc) is 2.98. The van der Waals surface area contributed by atoms with Gasteiger partial charge in [0, 0.05) is 43.3 Å². The molecule has 140 valence electrons. The highest BCUT2D eigenvalue weighted by Crippen LogP contribution is 2.30. The van der Waals surface area contributed by atoms with E-state index in [1.54, 1.807) is 6.20 Å². The lowest BCUT2D eigenvalue weighted by molar-refractivity contribution is 0.0767. The van der Waals surface area contributed by atoms with Crippen LogP contribution in [0.3, 0.4) is 0 Å². The van der Waals surface area contributed by atoms with E-state index in [0.717, 1.165) is 40.7 Å². The highest BCUT2D eigenvalue weighted by molar-refractivity contribution is 5.95. The average molecular weight is 370 g/mol. The van der Waals surface area contributed by atoms with Crippen molar-refractivity contribution in [2.24, 2.45) is 0 Å². The van der Waals surface area contributed by atoms with Gasteiger partial charge in [-0.1, -0.05) is 35.9 Å². The fourth-order valence-electron chi connectivity index (χ4n) is 3.85. The predicted octanol–water partition coefficient (Wildman–Crippen LogP) is 3.77. The van der Waals surface area contributed by atoms with Crippen molar-refractivity contribution in [3.05, 3.63) is 71.4 Å². The van der Waals surface area contributed by atoms with Crippen molar-refractivity contribution in [1.82, 2.24) is 9.88 Å². The van der Waals surface area contributed by atoms with Crippen LogP contribution in [0.2, 0.25) is 0 Å². The molecule has 4 rings (SSSR count). The molecule has 1 fully saturated rings. The predicted molar refractivity (Wildman–Crippen MR) is 110 cm³/mol. The lowest BCUT2D eigenvalue weighted by atomic mass is 10.1. The number of amides is 1.